The van der Waals surface area contributed by atoms with Crippen LogP contribution in [0.1, 0.15) is 73.3 Å². The number of likely N-dealkylation sites (N-methyl/N-ethyl adjacent to an activating group) is 1. The smallest absolute Gasteiger partial charge is 0.323 e. The summed E-state index contributed by atoms with van der Waals surface area (Å²) >= 11 is 0. The largest absolute Gasteiger partial charge is 0.490 e. The maximum atomic E-state index is 14.4. The lowest BCUT2D eigenvalue weighted by atomic mass is 10.0. The molecule has 4 atom stereocenters. The maximum Gasteiger partial charge on any atom is 0.323 e. The number of aliphatic hydroxyl groups is 1. The van der Waals surface area contributed by atoms with Crippen LogP contribution < -0.4 is 20.7 Å². The number of hydrogen-bond donors (Lipinski definition) is 4. The number of hydrogen-bond acceptors (Lipinski definition) is 10. The second kappa shape index (κ2) is 16.7. The number of aromatic nitrogens is 2. The fourth-order valence-electron chi connectivity index (χ4n) is 5.62. The lowest BCUT2D eigenvalue weighted by molar-refractivity contribution is -0.0115. The lowest BCUT2D eigenvalue weighted by Gasteiger charge is -2.35. The summed E-state index contributed by atoms with van der Waals surface area (Å²) in [7, 11) is 1.68. The molecule has 0 spiro atoms. The van der Waals surface area contributed by atoms with E-state index in [9.17, 15) is 19.5 Å². The molecule has 49 heavy (non-hydrogen) atoms. The van der Waals surface area contributed by atoms with Gasteiger partial charge in [-0.05, 0) is 79.0 Å². The predicted molar refractivity (Wildman–Crippen MR) is 183 cm³/mol. The van der Waals surface area contributed by atoms with Crippen molar-refractivity contribution < 1.29 is 38.0 Å². The van der Waals surface area contributed by atoms with Crippen LogP contribution in [0.3, 0.4) is 0 Å². The molecule has 1 aliphatic heterocycles. The van der Waals surface area contributed by atoms with Gasteiger partial charge in [-0.2, -0.15) is 0 Å². The van der Waals surface area contributed by atoms with Gasteiger partial charge in [-0.3, -0.25) is 4.79 Å². The number of amides is 5. The van der Waals surface area contributed by atoms with Crippen LogP contribution in [0.4, 0.5) is 26.7 Å². The number of ether oxygens (including phenoxy) is 2. The third kappa shape index (κ3) is 9.50. The minimum atomic E-state index is -0.561. The highest BCUT2D eigenvalue weighted by atomic mass is 16.5. The number of fused-ring (bicyclic) bond motifs is 1. The van der Waals surface area contributed by atoms with Gasteiger partial charge in [-0.25, -0.2) is 9.59 Å². The second-order valence-corrected chi connectivity index (χ2v) is 12.8. The Morgan fingerprint density at radius 2 is 1.67 bits per heavy atom. The number of benzene rings is 1. The third-order valence-electron chi connectivity index (χ3n) is 8.65. The average Bonchev–Trinajstić information content (AvgIpc) is 3.56. The molecule has 2 aromatic heterocycles. The SMILES string of the molecule is Cc1noc(C)c1NC(=O)Nc1ccc2c(c1)C(=O)N([C@H](C)CO)C[C@H](C)[C@@H](CN(C)C(=O)Nc1c(C)noc1C)OCCCC[C@H](C)O2. The zero-order valence-corrected chi connectivity index (χ0v) is 29.6. The van der Waals surface area contributed by atoms with Gasteiger partial charge >= 0.3 is 12.1 Å². The van der Waals surface area contributed by atoms with Gasteiger partial charge < -0.3 is 49.4 Å². The van der Waals surface area contributed by atoms with E-state index in [1.54, 1.807) is 64.8 Å². The van der Waals surface area contributed by atoms with Crippen LogP contribution in [0.2, 0.25) is 0 Å². The minimum Gasteiger partial charge on any atom is -0.490 e. The summed E-state index contributed by atoms with van der Waals surface area (Å²) in [6.45, 7) is 13.2. The fraction of sp³-hybridized carbons (Fsp3) is 0.559. The van der Waals surface area contributed by atoms with Crippen LogP contribution >= 0.6 is 0 Å². The summed E-state index contributed by atoms with van der Waals surface area (Å²) in [4.78, 5) is 43.6. The Bertz CT molecular complexity index is 1570. The highest BCUT2D eigenvalue weighted by molar-refractivity contribution is 6.03. The zero-order chi connectivity index (χ0) is 35.8. The molecule has 0 saturated carbocycles. The zero-order valence-electron chi connectivity index (χ0n) is 29.6. The topological polar surface area (TPSA) is 185 Å². The third-order valence-corrected chi connectivity index (χ3v) is 8.65. The first kappa shape index (κ1) is 37.2. The molecule has 5 amide bonds. The van der Waals surface area contributed by atoms with E-state index in [0.29, 0.717) is 58.7 Å². The summed E-state index contributed by atoms with van der Waals surface area (Å²) in [5, 5.41) is 26.4. The van der Waals surface area contributed by atoms with E-state index in [4.69, 9.17) is 18.5 Å². The molecule has 268 valence electrons. The van der Waals surface area contributed by atoms with Crippen LogP contribution in [0.25, 0.3) is 0 Å². The van der Waals surface area contributed by atoms with Gasteiger partial charge in [0.25, 0.3) is 5.91 Å². The van der Waals surface area contributed by atoms with Gasteiger partial charge in [-0.15, -0.1) is 0 Å². The first-order valence-electron chi connectivity index (χ1n) is 16.6. The molecule has 0 radical (unpaired) electrons. The van der Waals surface area contributed by atoms with Crippen LogP contribution in [0.15, 0.2) is 27.2 Å². The summed E-state index contributed by atoms with van der Waals surface area (Å²) in [6, 6.07) is 3.48. The van der Waals surface area contributed by atoms with Gasteiger partial charge in [0.1, 0.15) is 28.5 Å². The molecule has 0 bridgehead atoms. The van der Waals surface area contributed by atoms with Crippen molar-refractivity contribution in [2.75, 3.05) is 49.3 Å². The highest BCUT2D eigenvalue weighted by Crippen LogP contribution is 2.29. The van der Waals surface area contributed by atoms with E-state index in [0.717, 1.165) is 12.8 Å². The molecule has 4 N–H and O–H groups in total. The minimum absolute atomic E-state index is 0.212. The molecule has 0 aliphatic carbocycles. The summed E-state index contributed by atoms with van der Waals surface area (Å²) in [5.74, 6) is 0.711. The first-order valence-corrected chi connectivity index (χ1v) is 16.6. The van der Waals surface area contributed by atoms with E-state index >= 15 is 0 Å². The van der Waals surface area contributed by atoms with Crippen molar-refractivity contribution >= 4 is 35.0 Å². The Morgan fingerprint density at radius 1 is 1.02 bits per heavy atom. The molecule has 4 rings (SSSR count). The van der Waals surface area contributed by atoms with Crippen molar-refractivity contribution in [2.45, 2.75) is 86.0 Å². The lowest BCUT2D eigenvalue weighted by Crippen LogP contribution is -2.48. The van der Waals surface area contributed by atoms with Crippen molar-refractivity contribution in [3.05, 3.63) is 46.7 Å². The number of nitrogens with one attached hydrogen (secondary N) is 3. The number of aliphatic hydroxyl groups excluding tert-OH is 1. The first-order chi connectivity index (χ1) is 23.3. The van der Waals surface area contributed by atoms with Crippen molar-refractivity contribution in [1.82, 2.24) is 20.1 Å². The number of aryl methyl sites for hydroxylation is 4. The maximum absolute atomic E-state index is 14.4. The molecular weight excluding hydrogens is 634 g/mol. The van der Waals surface area contributed by atoms with Gasteiger partial charge in [0.2, 0.25) is 0 Å². The molecule has 15 nitrogen and oxygen atoms in total. The molecule has 1 aromatic carbocycles. The number of carbonyl (C=O) groups excluding carboxylic acids is 3. The predicted octanol–water partition coefficient (Wildman–Crippen LogP) is 5.50. The van der Waals surface area contributed by atoms with Crippen LogP contribution in [-0.2, 0) is 4.74 Å². The molecule has 3 aromatic rings. The summed E-state index contributed by atoms with van der Waals surface area (Å²) < 4.78 is 23.0. The summed E-state index contributed by atoms with van der Waals surface area (Å²) in [6.07, 6.45) is 1.67. The van der Waals surface area contributed by atoms with Crippen LogP contribution in [0, 0.1) is 33.6 Å². The normalized spacial score (nSPS) is 19.7. The van der Waals surface area contributed by atoms with Crippen LogP contribution in [-0.4, -0.2) is 94.8 Å². The van der Waals surface area contributed by atoms with Gasteiger partial charge in [-0.1, -0.05) is 17.2 Å². The molecule has 1 aliphatic rings. The number of rotatable bonds is 7. The van der Waals surface area contributed by atoms with Gasteiger partial charge in [0.05, 0.1) is 30.4 Å². The number of carbonyl (C=O) groups is 3. The summed E-state index contributed by atoms with van der Waals surface area (Å²) in [5.41, 5.74) is 2.70. The van der Waals surface area contributed by atoms with Crippen molar-refractivity contribution in [1.29, 1.82) is 0 Å². The van der Waals surface area contributed by atoms with Crippen LogP contribution in [0.5, 0.6) is 5.75 Å². The van der Waals surface area contributed by atoms with Gasteiger partial charge in [0.15, 0.2) is 11.5 Å². The molecule has 3 heterocycles. The highest BCUT2D eigenvalue weighted by Gasteiger charge is 2.31. The molecule has 0 saturated heterocycles. The molecule has 15 heteroatoms. The van der Waals surface area contributed by atoms with E-state index < -0.39 is 18.2 Å². The Hall–Kier alpha value is -4.63. The fourth-order valence-corrected chi connectivity index (χ4v) is 5.62. The van der Waals surface area contributed by atoms with Crippen molar-refractivity contribution in [2.24, 2.45) is 5.92 Å². The Morgan fingerprint density at radius 3 is 2.29 bits per heavy atom. The van der Waals surface area contributed by atoms with E-state index in [2.05, 4.69) is 26.3 Å². The van der Waals surface area contributed by atoms with E-state index in [1.807, 2.05) is 13.8 Å². The van der Waals surface area contributed by atoms with Crippen molar-refractivity contribution in [3.63, 3.8) is 0 Å². The Balaban J connectivity index is 1.59. The number of anilines is 3. The van der Waals surface area contributed by atoms with Gasteiger partial charge in [0, 0.05) is 38.3 Å². The molecular formula is C34H49N7O8. The average molecular weight is 684 g/mol. The monoisotopic (exact) mass is 683 g/mol. The van der Waals surface area contributed by atoms with Crippen molar-refractivity contribution in [3.8, 4) is 5.75 Å². The Labute approximate surface area is 286 Å². The quantitative estimate of drug-likeness (QED) is 0.248. The van der Waals surface area contributed by atoms with E-state index in [-0.39, 0.29) is 49.2 Å². The van der Waals surface area contributed by atoms with E-state index in [1.165, 1.54) is 4.90 Å². The number of nitrogens with zero attached hydrogens (tertiary/aromatic N) is 4. The Kier molecular flexibility index (Phi) is 12.6. The molecule has 0 fully saturated rings. The number of urea groups is 2. The molecule has 0 unspecified atom stereocenters. The standard InChI is InChI=1S/C34H49N7O8/c1-19-16-41(20(2)18-42)32(43)27-15-26(35-33(44)36-30-22(4)38-48-24(30)6)12-13-28(27)47-21(3)11-9-10-14-46-29(19)17-40(8)34(45)37-31-23(5)39-49-25(31)7/h12-13,15,19-21,29,42H,9-11,14,16-18H2,1-8H3,(H,37,45)(H2,35,36,44)/t19-,20+,21-,29+/m0/s1. The second-order valence-electron chi connectivity index (χ2n) is 12.8.